The van der Waals surface area contributed by atoms with Crippen molar-refractivity contribution in [2.45, 2.75) is 20.8 Å². The predicted octanol–water partition coefficient (Wildman–Crippen LogP) is 37.4. The number of hydrogen-bond donors (Lipinski definition) is 0. The molecule has 0 bridgehead atoms. The first-order valence-corrected chi connectivity index (χ1v) is 51.5. The first kappa shape index (κ1) is 81.3. The van der Waals surface area contributed by atoms with Gasteiger partial charge in [-0.25, -0.2) is 0 Å². The van der Waals surface area contributed by atoms with E-state index in [9.17, 15) is 0 Å². The van der Waals surface area contributed by atoms with Crippen molar-refractivity contribution in [1.29, 1.82) is 0 Å². The molecule has 0 aliphatic carbocycles. The summed E-state index contributed by atoms with van der Waals surface area (Å²) in [5, 5.41) is 29.1. The molecular formula is C130H85N7S4. The lowest BCUT2D eigenvalue weighted by Crippen LogP contribution is -1.95. The monoisotopic (exact) mass is 1870 g/mol. The van der Waals surface area contributed by atoms with Crippen LogP contribution in [0.2, 0.25) is 0 Å². The zero-order chi connectivity index (χ0) is 93.1. The van der Waals surface area contributed by atoms with Crippen LogP contribution in [0.15, 0.2) is 443 Å². The van der Waals surface area contributed by atoms with Gasteiger partial charge in [-0.05, 0) is 209 Å². The SMILES string of the molecule is Cc1ccc(-n2c3ccccc3c3c4c5ccccc5n(-c5ccc6c(c5)sc5ccccc56)c4ccc32)cc1.Cc1ccc(-n2c3ccccc3c3c4c5ccccc5n(-c5ccc6sc7ccccc7c6c5)c4ccc32)cc1.Cc1ccc(-n2c3ccccc3c3c4c5ccccc5n(-c5cccc6c5sc5ccccc56)c4ccc32)cc1.Cn1c2ccccc2c2c3c(ccc21)sc1ccccc13. The molecule has 0 saturated heterocycles. The van der Waals surface area contributed by atoms with Crippen LogP contribution in [0.5, 0.6) is 0 Å². The van der Waals surface area contributed by atoms with Crippen LogP contribution < -0.4 is 0 Å². The van der Waals surface area contributed by atoms with Crippen molar-refractivity contribution in [3.8, 4) is 34.1 Å². The van der Waals surface area contributed by atoms with E-state index in [0.29, 0.717) is 0 Å². The van der Waals surface area contributed by atoms with Gasteiger partial charge in [-0.15, -0.1) is 45.3 Å². The number of fused-ring (bicyclic) bond motifs is 37. The summed E-state index contributed by atoms with van der Waals surface area (Å²) >= 11 is 7.51. The summed E-state index contributed by atoms with van der Waals surface area (Å²) in [6.45, 7) is 6.43. The van der Waals surface area contributed by atoms with Crippen molar-refractivity contribution in [1.82, 2.24) is 32.0 Å². The fourth-order valence-corrected chi connectivity index (χ4v) is 27.9. The minimum absolute atomic E-state index is 1.19. The van der Waals surface area contributed by atoms with Crippen molar-refractivity contribution in [2.24, 2.45) is 7.05 Å². The number of aromatic nitrogens is 7. The molecule has 21 aromatic carbocycles. The van der Waals surface area contributed by atoms with E-state index in [2.05, 4.69) is 503 Å². The Morgan fingerprint density at radius 1 is 0.149 bits per heavy atom. The molecule has 0 amide bonds. The summed E-state index contributed by atoms with van der Waals surface area (Å²) in [4.78, 5) is 0. The highest BCUT2D eigenvalue weighted by Crippen LogP contribution is 2.51. The maximum Gasteiger partial charge on any atom is 0.0640 e. The summed E-state index contributed by atoms with van der Waals surface area (Å²) in [6, 6.07) is 162. The van der Waals surface area contributed by atoms with E-state index in [1.165, 1.54) is 284 Å². The van der Waals surface area contributed by atoms with E-state index in [1.54, 1.807) is 0 Å². The number of thiophene rings is 4. The van der Waals surface area contributed by atoms with Gasteiger partial charge in [0, 0.05) is 198 Å². The molecule has 0 aliphatic heterocycles. The molecule has 664 valence electrons. The van der Waals surface area contributed by atoms with Crippen molar-refractivity contribution < 1.29 is 0 Å². The largest absolute Gasteiger partial charge is 0.344 e. The second kappa shape index (κ2) is 31.8. The Labute approximate surface area is 825 Å². The number of para-hydroxylation sites is 7. The van der Waals surface area contributed by atoms with Gasteiger partial charge in [-0.1, -0.05) is 271 Å². The molecule has 7 nitrogen and oxygen atoms in total. The lowest BCUT2D eigenvalue weighted by molar-refractivity contribution is 1.01. The quantitative estimate of drug-likeness (QED) is 0.159. The van der Waals surface area contributed by atoms with Gasteiger partial charge >= 0.3 is 0 Å². The average Bonchev–Trinajstić information content (AvgIpc) is 1.56. The van der Waals surface area contributed by atoms with E-state index in [0.717, 1.165) is 0 Å². The van der Waals surface area contributed by atoms with Crippen LogP contribution in [-0.2, 0) is 7.05 Å². The van der Waals surface area contributed by atoms with Gasteiger partial charge in [-0.3, -0.25) is 0 Å². The van der Waals surface area contributed by atoms with Gasteiger partial charge in [0.15, 0.2) is 0 Å². The Morgan fingerprint density at radius 3 is 0.844 bits per heavy atom. The summed E-state index contributed by atoms with van der Waals surface area (Å²) in [6.07, 6.45) is 0. The molecule has 0 saturated carbocycles. The molecule has 0 atom stereocenters. The first-order chi connectivity index (χ1) is 69.6. The highest BCUT2D eigenvalue weighted by molar-refractivity contribution is 7.27. The minimum atomic E-state index is 1.19. The molecule has 0 radical (unpaired) electrons. The van der Waals surface area contributed by atoms with Crippen molar-refractivity contribution in [3.63, 3.8) is 0 Å². The van der Waals surface area contributed by atoms with Crippen molar-refractivity contribution in [3.05, 3.63) is 460 Å². The molecule has 11 heteroatoms. The predicted molar refractivity (Wildman–Crippen MR) is 612 cm³/mol. The molecule has 0 fully saturated rings. The maximum absolute atomic E-state index is 2.49. The van der Waals surface area contributed by atoms with Gasteiger partial charge in [0.1, 0.15) is 0 Å². The number of nitrogens with zero attached hydrogens (tertiary/aromatic N) is 7. The minimum Gasteiger partial charge on any atom is -0.344 e. The standard InChI is InChI=1S/3C37H24N2S.C19H13NS/c1-23-17-19-24(20-18-23)38-29-13-5-2-10-27(29)35-31(38)21-22-32-36(35)28-11-3-6-14-30(28)39(32)33-15-8-12-26-25-9-4-7-16-34(25)40-37(26)33;1-23-14-16-24(17-15-23)38-30-11-5-2-9-27(30)36-32(38)19-20-33-37(36)28-10-3-6-12-31(28)39(33)25-18-21-35-29(22-25)26-8-4-7-13-34(26)40-35;1-23-14-16-24(17-15-23)38-30-11-5-2-9-28(30)36-32(38)20-21-33-37(36)29-10-3-6-12-31(29)39(33)25-18-19-27-26-8-4-7-13-34(26)40-35(27)22-25;1-20-14-8-4-2-6-12(14)18-15(20)10-11-17-19(18)13-7-3-5-9-16(13)21-17/h3*2-22H,1H3;2-11H,1H3. The van der Waals surface area contributed by atoms with Crippen LogP contribution in [0, 0.1) is 20.8 Å². The topological polar surface area (TPSA) is 34.5 Å². The van der Waals surface area contributed by atoms with E-state index in [-0.39, 0.29) is 0 Å². The fourth-order valence-electron chi connectivity index (χ4n) is 23.4. The lowest BCUT2D eigenvalue weighted by atomic mass is 10.1. The third kappa shape index (κ3) is 12.4. The maximum atomic E-state index is 2.49. The van der Waals surface area contributed by atoms with Gasteiger partial charge in [0.2, 0.25) is 0 Å². The fraction of sp³-hybridized carbons (Fsp3) is 0.0308. The smallest absolute Gasteiger partial charge is 0.0640 e. The number of rotatable bonds is 6. The zero-order valence-electron chi connectivity index (χ0n) is 77.4. The van der Waals surface area contributed by atoms with Crippen LogP contribution in [0.25, 0.3) is 267 Å². The second-order valence-corrected chi connectivity index (χ2v) is 41.8. The lowest BCUT2D eigenvalue weighted by Gasteiger charge is -2.10. The number of benzene rings is 21. The molecule has 0 aliphatic rings. The Bertz CT molecular complexity index is 10800. The molecular weight excluding hydrogens is 1790 g/mol. The molecule has 32 rings (SSSR count). The molecule has 0 spiro atoms. The van der Waals surface area contributed by atoms with Crippen molar-refractivity contribution in [2.75, 3.05) is 0 Å². The van der Waals surface area contributed by atoms with Gasteiger partial charge < -0.3 is 32.0 Å². The Morgan fingerprint density at radius 2 is 0.411 bits per heavy atom. The third-order valence-corrected chi connectivity index (χ3v) is 34.2. The van der Waals surface area contributed by atoms with E-state index in [1.807, 2.05) is 45.3 Å². The van der Waals surface area contributed by atoms with E-state index >= 15 is 0 Å². The van der Waals surface area contributed by atoms with Gasteiger partial charge in [0.05, 0.1) is 76.6 Å². The highest BCUT2D eigenvalue weighted by atomic mass is 32.1. The van der Waals surface area contributed by atoms with Gasteiger partial charge in [0.25, 0.3) is 0 Å². The Balaban J connectivity index is 0.0000000921. The third-order valence-electron chi connectivity index (χ3n) is 29.6. The molecule has 11 heterocycles. The molecule has 32 aromatic rings. The second-order valence-electron chi connectivity index (χ2n) is 37.5. The Hall–Kier alpha value is -16.9. The van der Waals surface area contributed by atoms with E-state index < -0.39 is 0 Å². The molecule has 141 heavy (non-hydrogen) atoms. The van der Waals surface area contributed by atoms with Crippen LogP contribution >= 0.6 is 45.3 Å². The summed E-state index contributed by atoms with van der Waals surface area (Å²) in [5.41, 5.74) is 28.5. The van der Waals surface area contributed by atoms with Crippen LogP contribution in [0.3, 0.4) is 0 Å². The zero-order valence-corrected chi connectivity index (χ0v) is 80.7. The van der Waals surface area contributed by atoms with Crippen molar-refractivity contribution >= 4 is 279 Å². The molecule has 0 N–H and O–H groups in total. The number of hydrogen-bond acceptors (Lipinski definition) is 4. The summed E-state index contributed by atoms with van der Waals surface area (Å²) < 4.78 is 27.7. The number of aryl methyl sites for hydroxylation is 4. The molecule has 0 unspecified atom stereocenters. The highest BCUT2D eigenvalue weighted by Gasteiger charge is 2.28. The molecule has 11 aromatic heterocycles. The van der Waals surface area contributed by atoms with Crippen LogP contribution in [-0.4, -0.2) is 32.0 Å². The summed E-state index contributed by atoms with van der Waals surface area (Å²) in [5.74, 6) is 0. The van der Waals surface area contributed by atoms with Gasteiger partial charge in [-0.2, -0.15) is 0 Å². The normalized spacial score (nSPS) is 12.1. The van der Waals surface area contributed by atoms with Crippen LogP contribution in [0.1, 0.15) is 16.7 Å². The first-order valence-electron chi connectivity index (χ1n) is 48.2. The summed E-state index contributed by atoms with van der Waals surface area (Å²) in [7, 11) is 2.16. The van der Waals surface area contributed by atoms with Crippen LogP contribution in [0.4, 0.5) is 0 Å². The Kier molecular flexibility index (Phi) is 18.4. The van der Waals surface area contributed by atoms with E-state index in [4.69, 9.17) is 0 Å². The average molecular weight is 1870 g/mol.